The van der Waals surface area contributed by atoms with Crippen molar-refractivity contribution < 1.29 is 14.3 Å². The largest absolute Gasteiger partial charge is 0.378 e. The van der Waals surface area contributed by atoms with Crippen molar-refractivity contribution in [2.45, 2.75) is 32.8 Å². The third-order valence-corrected chi connectivity index (χ3v) is 5.56. The van der Waals surface area contributed by atoms with Gasteiger partial charge in [0.25, 0.3) is 5.91 Å². The fourth-order valence-electron chi connectivity index (χ4n) is 3.60. The Morgan fingerprint density at radius 1 is 1.13 bits per heavy atom. The van der Waals surface area contributed by atoms with Crippen LogP contribution in [0.4, 0.5) is 11.4 Å². The molecule has 1 heterocycles. The summed E-state index contributed by atoms with van der Waals surface area (Å²) < 4.78 is 5.73. The minimum absolute atomic E-state index is 0.0156. The maximum Gasteiger partial charge on any atom is 0.254 e. The van der Waals surface area contributed by atoms with Gasteiger partial charge in [-0.2, -0.15) is 0 Å². The van der Waals surface area contributed by atoms with Crippen LogP contribution in [0.15, 0.2) is 42.5 Å². The number of amides is 2. The van der Waals surface area contributed by atoms with Crippen LogP contribution in [-0.4, -0.2) is 56.6 Å². The Morgan fingerprint density at radius 2 is 1.90 bits per heavy atom. The van der Waals surface area contributed by atoms with Gasteiger partial charge in [0, 0.05) is 44.2 Å². The number of ether oxygens (including phenoxy) is 1. The number of anilines is 2. The van der Waals surface area contributed by atoms with Crippen LogP contribution in [0, 0.1) is 13.8 Å². The van der Waals surface area contributed by atoms with E-state index in [0.717, 1.165) is 35.3 Å². The third kappa shape index (κ3) is 5.39. The van der Waals surface area contributed by atoms with Gasteiger partial charge < -0.3 is 19.9 Å². The van der Waals surface area contributed by atoms with E-state index in [0.29, 0.717) is 18.7 Å². The van der Waals surface area contributed by atoms with E-state index in [1.165, 1.54) is 0 Å². The van der Waals surface area contributed by atoms with Crippen LogP contribution in [0.1, 0.15) is 34.3 Å². The highest BCUT2D eigenvalue weighted by molar-refractivity contribution is 6.00. The molecule has 30 heavy (non-hydrogen) atoms. The van der Waals surface area contributed by atoms with E-state index in [1.54, 1.807) is 11.0 Å². The molecule has 2 aromatic carbocycles. The zero-order valence-electron chi connectivity index (χ0n) is 18.3. The number of carbonyl (C=O) groups is 2. The van der Waals surface area contributed by atoms with E-state index < -0.39 is 0 Å². The molecule has 1 N–H and O–H groups in total. The fourth-order valence-corrected chi connectivity index (χ4v) is 3.60. The van der Waals surface area contributed by atoms with Crippen LogP contribution in [-0.2, 0) is 9.53 Å². The fraction of sp³-hybridized carbons (Fsp3) is 0.417. The molecule has 1 atom stereocenters. The number of hydrogen-bond acceptors (Lipinski definition) is 4. The molecule has 6 heteroatoms. The molecule has 1 saturated heterocycles. The van der Waals surface area contributed by atoms with E-state index in [2.05, 4.69) is 5.32 Å². The second-order valence-electron chi connectivity index (χ2n) is 8.06. The zero-order chi connectivity index (χ0) is 21.7. The molecule has 0 radical (unpaired) electrons. The summed E-state index contributed by atoms with van der Waals surface area (Å²) >= 11 is 0. The summed E-state index contributed by atoms with van der Waals surface area (Å²) in [6.07, 6.45) is 1.86. The zero-order valence-corrected chi connectivity index (χ0v) is 18.3. The van der Waals surface area contributed by atoms with Crippen molar-refractivity contribution in [2.75, 3.05) is 44.0 Å². The molecular formula is C24H31N3O3. The number of rotatable bonds is 7. The summed E-state index contributed by atoms with van der Waals surface area (Å²) in [6.45, 7) is 5.09. The predicted molar refractivity (Wildman–Crippen MR) is 120 cm³/mol. The predicted octanol–water partition coefficient (Wildman–Crippen LogP) is 3.63. The lowest BCUT2D eigenvalue weighted by Crippen LogP contribution is -2.42. The summed E-state index contributed by atoms with van der Waals surface area (Å²) in [5.74, 6) is -0.371. The maximum absolute atomic E-state index is 13.3. The van der Waals surface area contributed by atoms with E-state index >= 15 is 0 Å². The number of nitrogens with zero attached hydrogens (tertiary/aromatic N) is 2. The Bertz CT molecular complexity index is 904. The molecule has 2 amide bonds. The molecule has 1 aliphatic heterocycles. The van der Waals surface area contributed by atoms with Gasteiger partial charge in [-0.05, 0) is 62.1 Å². The van der Waals surface area contributed by atoms with Crippen molar-refractivity contribution in [3.63, 3.8) is 0 Å². The van der Waals surface area contributed by atoms with Crippen LogP contribution in [0.2, 0.25) is 0 Å². The van der Waals surface area contributed by atoms with Gasteiger partial charge >= 0.3 is 0 Å². The summed E-state index contributed by atoms with van der Waals surface area (Å²) in [4.78, 5) is 29.7. The highest BCUT2D eigenvalue weighted by atomic mass is 16.5. The highest BCUT2D eigenvalue weighted by Gasteiger charge is 2.25. The Balaban J connectivity index is 1.77. The molecule has 1 unspecified atom stereocenters. The van der Waals surface area contributed by atoms with E-state index in [1.807, 2.05) is 69.2 Å². The average Bonchev–Trinajstić information content (AvgIpc) is 3.23. The summed E-state index contributed by atoms with van der Waals surface area (Å²) in [6, 6.07) is 13.3. The van der Waals surface area contributed by atoms with E-state index in [9.17, 15) is 9.59 Å². The van der Waals surface area contributed by atoms with Crippen LogP contribution >= 0.6 is 0 Å². The quantitative estimate of drug-likeness (QED) is 0.759. The molecule has 1 aliphatic rings. The number of carbonyl (C=O) groups excluding carboxylic acids is 2. The first-order chi connectivity index (χ1) is 14.3. The second kappa shape index (κ2) is 9.76. The topological polar surface area (TPSA) is 61.9 Å². The molecule has 0 aliphatic carbocycles. The Hall–Kier alpha value is -2.86. The van der Waals surface area contributed by atoms with Gasteiger partial charge in [0.1, 0.15) is 6.54 Å². The van der Waals surface area contributed by atoms with Crippen molar-refractivity contribution in [3.05, 3.63) is 59.2 Å². The molecular weight excluding hydrogens is 378 g/mol. The van der Waals surface area contributed by atoms with E-state index in [4.69, 9.17) is 4.74 Å². The van der Waals surface area contributed by atoms with Gasteiger partial charge in [-0.15, -0.1) is 0 Å². The van der Waals surface area contributed by atoms with Crippen molar-refractivity contribution in [1.29, 1.82) is 0 Å². The molecule has 0 saturated carbocycles. The molecule has 160 valence electrons. The van der Waals surface area contributed by atoms with Crippen LogP contribution in [0.25, 0.3) is 0 Å². The summed E-state index contributed by atoms with van der Waals surface area (Å²) in [7, 11) is 3.87. The van der Waals surface area contributed by atoms with Crippen molar-refractivity contribution in [1.82, 2.24) is 4.90 Å². The summed E-state index contributed by atoms with van der Waals surface area (Å²) in [5, 5.41) is 2.96. The second-order valence-corrected chi connectivity index (χ2v) is 8.06. The molecule has 0 spiro atoms. The van der Waals surface area contributed by atoms with Gasteiger partial charge in [-0.1, -0.05) is 18.2 Å². The smallest absolute Gasteiger partial charge is 0.254 e. The van der Waals surface area contributed by atoms with E-state index in [-0.39, 0.29) is 24.5 Å². The minimum Gasteiger partial charge on any atom is -0.378 e. The maximum atomic E-state index is 13.3. The first-order valence-electron chi connectivity index (χ1n) is 10.4. The number of hydrogen-bond donors (Lipinski definition) is 1. The lowest BCUT2D eigenvalue weighted by molar-refractivity contribution is -0.117. The molecule has 3 rings (SSSR count). The number of aryl methyl sites for hydroxylation is 1. The Kier molecular flexibility index (Phi) is 7.11. The Labute approximate surface area is 178 Å². The molecule has 0 aromatic heterocycles. The van der Waals surface area contributed by atoms with Crippen molar-refractivity contribution in [3.8, 4) is 0 Å². The van der Waals surface area contributed by atoms with Gasteiger partial charge in [0.2, 0.25) is 5.91 Å². The van der Waals surface area contributed by atoms with Crippen molar-refractivity contribution >= 4 is 23.2 Å². The third-order valence-electron chi connectivity index (χ3n) is 5.56. The standard InChI is InChI=1S/C24H31N3O3/c1-17-8-5-12-22(18(17)2)25-23(28)16-27(15-21-11-7-13-30-21)24(29)19-9-6-10-20(14-19)26(3)4/h5-6,8-10,12,14,21H,7,11,13,15-16H2,1-4H3,(H,25,28). The van der Waals surface area contributed by atoms with Gasteiger partial charge in [0.15, 0.2) is 0 Å². The highest BCUT2D eigenvalue weighted by Crippen LogP contribution is 2.20. The lowest BCUT2D eigenvalue weighted by Gasteiger charge is -2.26. The van der Waals surface area contributed by atoms with Gasteiger partial charge in [-0.25, -0.2) is 0 Å². The molecule has 2 aromatic rings. The first kappa shape index (κ1) is 21.8. The van der Waals surface area contributed by atoms with Gasteiger partial charge in [-0.3, -0.25) is 9.59 Å². The van der Waals surface area contributed by atoms with Crippen LogP contribution in [0.3, 0.4) is 0 Å². The normalized spacial score (nSPS) is 15.7. The Morgan fingerprint density at radius 3 is 2.60 bits per heavy atom. The van der Waals surface area contributed by atoms with Crippen molar-refractivity contribution in [2.24, 2.45) is 0 Å². The first-order valence-corrected chi connectivity index (χ1v) is 10.4. The monoisotopic (exact) mass is 409 g/mol. The lowest BCUT2D eigenvalue weighted by atomic mass is 10.1. The summed E-state index contributed by atoms with van der Waals surface area (Å²) in [5.41, 5.74) is 4.43. The van der Waals surface area contributed by atoms with Crippen LogP contribution in [0.5, 0.6) is 0 Å². The van der Waals surface area contributed by atoms with Crippen LogP contribution < -0.4 is 10.2 Å². The number of nitrogens with one attached hydrogen (secondary N) is 1. The molecule has 1 fully saturated rings. The van der Waals surface area contributed by atoms with Gasteiger partial charge in [0.05, 0.1) is 6.10 Å². The minimum atomic E-state index is -0.209. The SMILES string of the molecule is Cc1cccc(NC(=O)CN(CC2CCCO2)C(=O)c2cccc(N(C)C)c2)c1C. The molecule has 0 bridgehead atoms. The number of benzene rings is 2. The average molecular weight is 410 g/mol. The molecule has 6 nitrogen and oxygen atoms in total.